The molecular weight excluding hydrogens is 238 g/mol. The normalized spacial score (nSPS) is 24.4. The molecule has 2 rings (SSSR count). The first-order valence-corrected chi connectivity index (χ1v) is 7.28. The highest BCUT2D eigenvalue weighted by atomic mass is 16.3. The summed E-state index contributed by atoms with van der Waals surface area (Å²) in [5.74, 6) is 1.32. The summed E-state index contributed by atoms with van der Waals surface area (Å²) < 4.78 is 0. The number of likely N-dealkylation sites (tertiary alicyclic amines) is 1. The predicted molar refractivity (Wildman–Crippen MR) is 78.1 cm³/mol. The van der Waals surface area contributed by atoms with E-state index >= 15 is 0 Å². The quantitative estimate of drug-likeness (QED) is 0.854. The summed E-state index contributed by atoms with van der Waals surface area (Å²) in [6.07, 6.45) is 3.81. The lowest BCUT2D eigenvalue weighted by Crippen LogP contribution is -2.41. The second kappa shape index (κ2) is 6.87. The molecule has 4 nitrogen and oxygen atoms in total. The molecule has 0 saturated carbocycles. The molecule has 106 valence electrons. The molecule has 2 unspecified atom stereocenters. The fourth-order valence-electron chi connectivity index (χ4n) is 2.50. The highest BCUT2D eigenvalue weighted by molar-refractivity contribution is 5.35. The predicted octanol–water partition coefficient (Wildman–Crippen LogP) is 2.11. The Morgan fingerprint density at radius 1 is 1.47 bits per heavy atom. The maximum absolute atomic E-state index is 9.73. The van der Waals surface area contributed by atoms with E-state index in [1.54, 1.807) is 0 Å². The average Bonchev–Trinajstić information content (AvgIpc) is 2.42. The van der Waals surface area contributed by atoms with Gasteiger partial charge in [0.2, 0.25) is 0 Å². The van der Waals surface area contributed by atoms with E-state index in [1.807, 2.05) is 12.3 Å². The molecule has 1 aliphatic rings. The number of aliphatic hydroxyl groups is 1. The van der Waals surface area contributed by atoms with Crippen LogP contribution in [0.2, 0.25) is 0 Å². The fourth-order valence-corrected chi connectivity index (χ4v) is 2.50. The Bertz CT molecular complexity index is 379. The zero-order chi connectivity index (χ0) is 13.7. The monoisotopic (exact) mass is 263 g/mol. The van der Waals surface area contributed by atoms with E-state index in [0.29, 0.717) is 5.92 Å². The fraction of sp³-hybridized carbons (Fsp3) is 0.667. The van der Waals surface area contributed by atoms with Crippen LogP contribution in [0.4, 0.5) is 5.82 Å². The van der Waals surface area contributed by atoms with E-state index in [1.165, 1.54) is 5.56 Å². The Kier molecular flexibility index (Phi) is 5.16. The van der Waals surface area contributed by atoms with Crippen molar-refractivity contribution in [2.24, 2.45) is 5.92 Å². The minimum atomic E-state index is -0.130. The summed E-state index contributed by atoms with van der Waals surface area (Å²) in [4.78, 5) is 6.82. The van der Waals surface area contributed by atoms with Crippen LogP contribution in [-0.2, 0) is 6.54 Å². The van der Waals surface area contributed by atoms with Crippen molar-refractivity contribution in [1.29, 1.82) is 0 Å². The van der Waals surface area contributed by atoms with E-state index in [0.717, 1.165) is 44.8 Å². The van der Waals surface area contributed by atoms with Crippen LogP contribution in [0.15, 0.2) is 18.3 Å². The van der Waals surface area contributed by atoms with Gasteiger partial charge >= 0.3 is 0 Å². The first-order chi connectivity index (χ1) is 9.19. The molecule has 1 aromatic rings. The second-order valence-electron chi connectivity index (χ2n) is 5.55. The number of hydrogen-bond acceptors (Lipinski definition) is 4. The molecular formula is C15H25N3O. The Balaban J connectivity index is 1.85. The van der Waals surface area contributed by atoms with Gasteiger partial charge in [0.25, 0.3) is 0 Å². The maximum Gasteiger partial charge on any atom is 0.125 e. The van der Waals surface area contributed by atoms with Crippen LogP contribution in [0.1, 0.15) is 32.3 Å². The third-order valence-electron chi connectivity index (χ3n) is 3.73. The van der Waals surface area contributed by atoms with Gasteiger partial charge in [0.1, 0.15) is 5.82 Å². The average molecular weight is 263 g/mol. The highest BCUT2D eigenvalue weighted by Gasteiger charge is 2.23. The van der Waals surface area contributed by atoms with E-state index in [-0.39, 0.29) is 6.10 Å². The first kappa shape index (κ1) is 14.3. The molecule has 1 aromatic heterocycles. The van der Waals surface area contributed by atoms with Crippen LogP contribution >= 0.6 is 0 Å². The Morgan fingerprint density at radius 3 is 2.95 bits per heavy atom. The molecule has 0 radical (unpaired) electrons. The van der Waals surface area contributed by atoms with Gasteiger partial charge in [-0.3, -0.25) is 4.90 Å². The van der Waals surface area contributed by atoms with Crippen LogP contribution in [0, 0.1) is 5.92 Å². The van der Waals surface area contributed by atoms with E-state index < -0.39 is 0 Å². The number of pyridine rings is 1. The number of hydrogen-bond donors (Lipinski definition) is 2. The number of nitrogens with one attached hydrogen (secondary N) is 1. The molecule has 0 aliphatic carbocycles. The van der Waals surface area contributed by atoms with Gasteiger partial charge in [-0.25, -0.2) is 4.98 Å². The number of piperidine rings is 1. The lowest BCUT2D eigenvalue weighted by molar-refractivity contribution is 0.0320. The third-order valence-corrected chi connectivity index (χ3v) is 3.73. The summed E-state index contributed by atoms with van der Waals surface area (Å²) in [5, 5.41) is 13.0. The zero-order valence-corrected chi connectivity index (χ0v) is 12.0. The number of aromatic nitrogens is 1. The summed E-state index contributed by atoms with van der Waals surface area (Å²) in [7, 11) is 0. The van der Waals surface area contributed by atoms with Gasteiger partial charge in [-0.2, -0.15) is 0 Å². The highest BCUT2D eigenvalue weighted by Crippen LogP contribution is 2.18. The third kappa shape index (κ3) is 4.18. The number of nitrogens with zero attached hydrogens (tertiary/aromatic N) is 2. The molecule has 4 heteroatoms. The molecule has 0 bridgehead atoms. The van der Waals surface area contributed by atoms with Crippen LogP contribution in [0.25, 0.3) is 0 Å². The molecule has 0 spiro atoms. The van der Waals surface area contributed by atoms with Crippen LogP contribution in [0.5, 0.6) is 0 Å². The standard InChI is InChI=1S/C15H25N3O/c1-3-7-16-15-5-4-13(9-17-15)11-18-8-6-14(19)12(2)10-18/h4-5,9,12,14,19H,3,6-8,10-11H2,1-2H3,(H,16,17). The smallest absolute Gasteiger partial charge is 0.125 e. The summed E-state index contributed by atoms with van der Waals surface area (Å²) >= 11 is 0. The lowest BCUT2D eigenvalue weighted by Gasteiger charge is -2.34. The van der Waals surface area contributed by atoms with Crippen molar-refractivity contribution in [2.75, 3.05) is 25.0 Å². The van der Waals surface area contributed by atoms with Crippen molar-refractivity contribution in [3.05, 3.63) is 23.9 Å². The topological polar surface area (TPSA) is 48.4 Å². The second-order valence-corrected chi connectivity index (χ2v) is 5.55. The minimum absolute atomic E-state index is 0.130. The summed E-state index contributed by atoms with van der Waals surface area (Å²) in [6, 6.07) is 4.19. The van der Waals surface area contributed by atoms with Gasteiger partial charge in [0, 0.05) is 32.4 Å². The van der Waals surface area contributed by atoms with Gasteiger partial charge < -0.3 is 10.4 Å². The first-order valence-electron chi connectivity index (χ1n) is 7.28. The SMILES string of the molecule is CCCNc1ccc(CN2CCC(O)C(C)C2)cn1. The van der Waals surface area contributed by atoms with Crippen molar-refractivity contribution in [1.82, 2.24) is 9.88 Å². The lowest BCUT2D eigenvalue weighted by atomic mass is 9.96. The van der Waals surface area contributed by atoms with Gasteiger partial charge in [-0.15, -0.1) is 0 Å². The van der Waals surface area contributed by atoms with Crippen molar-refractivity contribution >= 4 is 5.82 Å². The maximum atomic E-state index is 9.73. The number of aliphatic hydroxyl groups excluding tert-OH is 1. The van der Waals surface area contributed by atoms with E-state index in [2.05, 4.69) is 35.1 Å². The van der Waals surface area contributed by atoms with Gasteiger partial charge in [0.15, 0.2) is 0 Å². The van der Waals surface area contributed by atoms with Gasteiger partial charge in [0.05, 0.1) is 6.10 Å². The van der Waals surface area contributed by atoms with Gasteiger partial charge in [-0.05, 0) is 30.4 Å². The Hall–Kier alpha value is -1.13. The molecule has 1 fully saturated rings. The van der Waals surface area contributed by atoms with Crippen molar-refractivity contribution in [3.8, 4) is 0 Å². The van der Waals surface area contributed by atoms with Crippen molar-refractivity contribution in [2.45, 2.75) is 39.3 Å². The number of rotatable bonds is 5. The van der Waals surface area contributed by atoms with Crippen LogP contribution < -0.4 is 5.32 Å². The Morgan fingerprint density at radius 2 is 2.32 bits per heavy atom. The van der Waals surface area contributed by atoms with E-state index in [9.17, 15) is 5.11 Å². The van der Waals surface area contributed by atoms with E-state index in [4.69, 9.17) is 0 Å². The minimum Gasteiger partial charge on any atom is -0.393 e. The van der Waals surface area contributed by atoms with Crippen LogP contribution in [0.3, 0.4) is 0 Å². The zero-order valence-electron chi connectivity index (χ0n) is 12.0. The molecule has 0 aromatic carbocycles. The molecule has 1 saturated heterocycles. The van der Waals surface area contributed by atoms with Crippen molar-refractivity contribution < 1.29 is 5.11 Å². The van der Waals surface area contributed by atoms with Crippen molar-refractivity contribution in [3.63, 3.8) is 0 Å². The molecule has 1 aliphatic heterocycles. The molecule has 2 N–H and O–H groups in total. The van der Waals surface area contributed by atoms with Crippen LogP contribution in [-0.4, -0.2) is 40.7 Å². The largest absolute Gasteiger partial charge is 0.393 e. The van der Waals surface area contributed by atoms with Gasteiger partial charge in [-0.1, -0.05) is 19.9 Å². The molecule has 2 heterocycles. The number of anilines is 1. The summed E-state index contributed by atoms with van der Waals surface area (Å²) in [6.45, 7) is 8.10. The molecule has 19 heavy (non-hydrogen) atoms. The Labute approximate surface area is 115 Å². The summed E-state index contributed by atoms with van der Waals surface area (Å²) in [5.41, 5.74) is 1.24. The molecule has 0 amide bonds. The molecule has 2 atom stereocenters.